The zero-order valence-corrected chi connectivity index (χ0v) is 15.8. The third-order valence-corrected chi connectivity index (χ3v) is 5.44. The van der Waals surface area contributed by atoms with Crippen LogP contribution in [0.3, 0.4) is 0 Å². The quantitative estimate of drug-likeness (QED) is 0.839. The summed E-state index contributed by atoms with van der Waals surface area (Å²) >= 11 is 0. The molecular formula is C21H25N3O4. The van der Waals surface area contributed by atoms with Gasteiger partial charge in [0.05, 0.1) is 19.4 Å². The Bertz CT molecular complexity index is 813. The van der Waals surface area contributed by atoms with Crippen LogP contribution in [0.1, 0.15) is 53.9 Å². The highest BCUT2D eigenvalue weighted by molar-refractivity contribution is 5.90. The van der Waals surface area contributed by atoms with Gasteiger partial charge >= 0.3 is 5.97 Å². The number of morpholine rings is 1. The molecule has 1 aromatic carbocycles. The summed E-state index contributed by atoms with van der Waals surface area (Å²) in [7, 11) is 0. The predicted molar refractivity (Wildman–Crippen MR) is 104 cm³/mol. The fraction of sp³-hybridized carbons (Fsp3) is 0.476. The van der Waals surface area contributed by atoms with Gasteiger partial charge in [-0.1, -0.05) is 31.4 Å². The molecule has 2 aromatic rings. The summed E-state index contributed by atoms with van der Waals surface area (Å²) in [5.74, 6) is 0.608. The number of rotatable bonds is 5. The minimum Gasteiger partial charge on any atom is -0.477 e. The zero-order valence-electron chi connectivity index (χ0n) is 15.8. The lowest BCUT2D eigenvalue weighted by atomic mass is 9.84. The van der Waals surface area contributed by atoms with E-state index in [9.17, 15) is 9.90 Å². The second-order valence-corrected chi connectivity index (χ2v) is 7.30. The molecule has 7 nitrogen and oxygen atoms in total. The number of ether oxygens (including phenoxy) is 2. The third kappa shape index (κ3) is 4.25. The highest BCUT2D eigenvalue weighted by atomic mass is 16.5. The van der Waals surface area contributed by atoms with Crippen molar-refractivity contribution < 1.29 is 19.4 Å². The maximum Gasteiger partial charge on any atom is 0.342 e. The van der Waals surface area contributed by atoms with E-state index < -0.39 is 5.97 Å². The lowest BCUT2D eigenvalue weighted by Gasteiger charge is -2.27. The van der Waals surface area contributed by atoms with Crippen LogP contribution in [0.5, 0.6) is 11.6 Å². The molecule has 28 heavy (non-hydrogen) atoms. The van der Waals surface area contributed by atoms with E-state index in [-0.39, 0.29) is 11.4 Å². The lowest BCUT2D eigenvalue weighted by molar-refractivity contribution is 0.0692. The summed E-state index contributed by atoms with van der Waals surface area (Å²) in [5, 5.41) is 9.47. The number of hydrogen-bond acceptors (Lipinski definition) is 6. The van der Waals surface area contributed by atoms with Gasteiger partial charge in [0.2, 0.25) is 11.8 Å². The topological polar surface area (TPSA) is 84.8 Å². The van der Waals surface area contributed by atoms with Crippen molar-refractivity contribution in [3.63, 3.8) is 0 Å². The maximum atomic E-state index is 11.6. The van der Waals surface area contributed by atoms with Gasteiger partial charge in [-0.25, -0.2) is 9.78 Å². The Hall–Kier alpha value is -2.67. The summed E-state index contributed by atoms with van der Waals surface area (Å²) in [4.78, 5) is 22.1. The smallest absolute Gasteiger partial charge is 0.342 e. The number of aromatic nitrogens is 2. The number of aromatic carboxylic acids is 1. The molecule has 1 aromatic heterocycles. The second-order valence-electron chi connectivity index (χ2n) is 7.30. The number of carboxylic acid groups (broad SMARTS) is 1. The summed E-state index contributed by atoms with van der Waals surface area (Å²) in [6.07, 6.45) is 7.68. The Balaban J connectivity index is 1.54. The highest BCUT2D eigenvalue weighted by Crippen LogP contribution is 2.34. The molecule has 7 heteroatoms. The van der Waals surface area contributed by atoms with Crippen molar-refractivity contribution in [3.05, 3.63) is 41.6 Å². The van der Waals surface area contributed by atoms with Crippen molar-refractivity contribution in [2.45, 2.75) is 38.0 Å². The van der Waals surface area contributed by atoms with Gasteiger partial charge in [0.25, 0.3) is 0 Å². The second kappa shape index (κ2) is 8.56. The Morgan fingerprint density at radius 1 is 1.11 bits per heavy atom. The molecule has 2 fully saturated rings. The van der Waals surface area contributed by atoms with Gasteiger partial charge in [-0.2, -0.15) is 4.98 Å². The first kappa shape index (κ1) is 18.7. The molecule has 0 amide bonds. The van der Waals surface area contributed by atoms with Crippen molar-refractivity contribution in [2.24, 2.45) is 0 Å². The Labute approximate surface area is 164 Å². The molecule has 0 unspecified atom stereocenters. The number of carbonyl (C=O) groups is 1. The van der Waals surface area contributed by atoms with Gasteiger partial charge in [-0.05, 0) is 36.5 Å². The van der Waals surface area contributed by atoms with Crippen molar-refractivity contribution in [1.82, 2.24) is 9.97 Å². The molecule has 1 saturated carbocycles. The van der Waals surface area contributed by atoms with Gasteiger partial charge < -0.3 is 19.5 Å². The van der Waals surface area contributed by atoms with Gasteiger partial charge in [0, 0.05) is 13.1 Å². The standard InChI is InChI=1S/C21H25N3O4/c25-20(26)18-14-22-21(24-10-12-27-13-11-24)23-19(18)28-17-8-6-16(7-9-17)15-4-2-1-3-5-15/h6-9,14-15H,1-5,10-13H2,(H,25,26). The predicted octanol–water partition coefficient (Wildman–Crippen LogP) is 3.85. The van der Waals surface area contributed by atoms with E-state index in [4.69, 9.17) is 9.47 Å². The molecule has 1 N–H and O–H groups in total. The minimum absolute atomic E-state index is 0.0478. The average molecular weight is 383 g/mol. The molecule has 0 atom stereocenters. The monoisotopic (exact) mass is 383 g/mol. The Morgan fingerprint density at radius 3 is 2.50 bits per heavy atom. The first-order valence-electron chi connectivity index (χ1n) is 9.91. The number of anilines is 1. The van der Waals surface area contributed by atoms with Crippen molar-refractivity contribution in [1.29, 1.82) is 0 Å². The van der Waals surface area contributed by atoms with E-state index in [1.165, 1.54) is 43.9 Å². The van der Waals surface area contributed by atoms with Crippen LogP contribution in [0.15, 0.2) is 30.5 Å². The molecule has 0 radical (unpaired) electrons. The molecule has 1 aliphatic carbocycles. The van der Waals surface area contributed by atoms with Crippen molar-refractivity contribution >= 4 is 11.9 Å². The van der Waals surface area contributed by atoms with Crippen LogP contribution < -0.4 is 9.64 Å². The molecule has 2 heterocycles. The van der Waals surface area contributed by atoms with E-state index in [1.54, 1.807) is 0 Å². The van der Waals surface area contributed by atoms with E-state index in [0.29, 0.717) is 43.9 Å². The number of nitrogens with zero attached hydrogens (tertiary/aromatic N) is 3. The molecule has 4 rings (SSSR count). The van der Waals surface area contributed by atoms with Crippen LogP contribution in [-0.2, 0) is 4.74 Å². The molecule has 0 bridgehead atoms. The third-order valence-electron chi connectivity index (χ3n) is 5.44. The van der Waals surface area contributed by atoms with Crippen LogP contribution in [0.25, 0.3) is 0 Å². The van der Waals surface area contributed by atoms with Gasteiger partial charge in [-0.3, -0.25) is 0 Å². The fourth-order valence-corrected chi connectivity index (χ4v) is 3.85. The Morgan fingerprint density at radius 2 is 1.82 bits per heavy atom. The average Bonchev–Trinajstić information content (AvgIpc) is 2.75. The SMILES string of the molecule is O=C(O)c1cnc(N2CCOCC2)nc1Oc1ccc(C2CCCCC2)cc1. The number of carboxylic acids is 1. The van der Waals surface area contributed by atoms with Crippen LogP contribution in [0.2, 0.25) is 0 Å². The van der Waals surface area contributed by atoms with Gasteiger partial charge in [-0.15, -0.1) is 0 Å². The van der Waals surface area contributed by atoms with Gasteiger partial charge in [0.15, 0.2) is 0 Å². The highest BCUT2D eigenvalue weighted by Gasteiger charge is 2.21. The number of hydrogen-bond donors (Lipinski definition) is 1. The normalized spacial score (nSPS) is 18.1. The molecule has 148 valence electrons. The van der Waals surface area contributed by atoms with Crippen molar-refractivity contribution in [3.8, 4) is 11.6 Å². The van der Waals surface area contributed by atoms with Crippen LogP contribution in [0.4, 0.5) is 5.95 Å². The first-order chi connectivity index (χ1) is 13.7. The summed E-state index contributed by atoms with van der Waals surface area (Å²) in [5.41, 5.74) is 1.27. The first-order valence-corrected chi connectivity index (χ1v) is 9.91. The van der Waals surface area contributed by atoms with Crippen LogP contribution in [-0.4, -0.2) is 47.3 Å². The molecule has 1 saturated heterocycles. The van der Waals surface area contributed by atoms with Crippen LogP contribution in [0, 0.1) is 0 Å². The molecule has 1 aliphatic heterocycles. The number of benzene rings is 1. The van der Waals surface area contributed by atoms with E-state index in [1.807, 2.05) is 17.0 Å². The molecule has 2 aliphatic rings. The van der Waals surface area contributed by atoms with E-state index in [0.717, 1.165) is 0 Å². The maximum absolute atomic E-state index is 11.6. The zero-order chi connectivity index (χ0) is 19.3. The van der Waals surface area contributed by atoms with E-state index >= 15 is 0 Å². The summed E-state index contributed by atoms with van der Waals surface area (Å²) < 4.78 is 11.2. The summed E-state index contributed by atoms with van der Waals surface area (Å²) in [6, 6.07) is 7.95. The largest absolute Gasteiger partial charge is 0.477 e. The van der Waals surface area contributed by atoms with E-state index in [2.05, 4.69) is 22.1 Å². The lowest BCUT2D eigenvalue weighted by Crippen LogP contribution is -2.37. The van der Waals surface area contributed by atoms with Crippen LogP contribution >= 0.6 is 0 Å². The fourth-order valence-electron chi connectivity index (χ4n) is 3.85. The summed E-state index contributed by atoms with van der Waals surface area (Å²) in [6.45, 7) is 2.54. The van der Waals surface area contributed by atoms with Gasteiger partial charge in [0.1, 0.15) is 11.3 Å². The van der Waals surface area contributed by atoms with Crippen molar-refractivity contribution in [2.75, 3.05) is 31.2 Å². The molecular weight excluding hydrogens is 358 g/mol. The molecule has 0 spiro atoms. The minimum atomic E-state index is -1.11. The Kier molecular flexibility index (Phi) is 5.71.